The van der Waals surface area contributed by atoms with Crippen LogP contribution >= 0.6 is 0 Å². The van der Waals surface area contributed by atoms with Gasteiger partial charge in [0, 0.05) is 17.5 Å². The summed E-state index contributed by atoms with van der Waals surface area (Å²) in [7, 11) is 0. The molecular weight excluding hydrogens is 390 g/mol. The van der Waals surface area contributed by atoms with Gasteiger partial charge in [-0.15, -0.1) is 0 Å². The molecule has 0 saturated heterocycles. The monoisotopic (exact) mass is 410 g/mol. The van der Waals surface area contributed by atoms with Crippen molar-refractivity contribution in [1.82, 2.24) is 14.8 Å². The molecule has 0 N–H and O–H groups in total. The van der Waals surface area contributed by atoms with Gasteiger partial charge in [0.1, 0.15) is 17.4 Å². The van der Waals surface area contributed by atoms with Crippen molar-refractivity contribution < 1.29 is 18.0 Å². The molecule has 0 aliphatic rings. The van der Waals surface area contributed by atoms with E-state index in [4.69, 9.17) is 4.42 Å². The van der Waals surface area contributed by atoms with Crippen molar-refractivity contribution in [1.29, 1.82) is 0 Å². The van der Waals surface area contributed by atoms with Gasteiger partial charge in [-0.3, -0.25) is 9.69 Å². The molecule has 0 spiro atoms. The van der Waals surface area contributed by atoms with Gasteiger partial charge in [-0.1, -0.05) is 0 Å². The first-order valence-corrected chi connectivity index (χ1v) is 9.49. The number of carbonyl (C=O) groups excluding carboxylic acids is 1. The van der Waals surface area contributed by atoms with Crippen LogP contribution in [0.25, 0.3) is 11.0 Å². The number of furan rings is 1. The second kappa shape index (κ2) is 7.70. The van der Waals surface area contributed by atoms with Gasteiger partial charge in [-0.05, 0) is 51.1 Å². The summed E-state index contributed by atoms with van der Waals surface area (Å²) in [5, 5.41) is 5.04. The largest absolute Gasteiger partial charge is 0.467 e. The molecule has 154 valence electrons. The topological polar surface area (TPSA) is 64.2 Å². The molecule has 0 fully saturated rings. The van der Waals surface area contributed by atoms with E-state index in [0.717, 1.165) is 12.1 Å². The molecule has 0 aliphatic heterocycles. The maximum atomic E-state index is 14.6. The highest BCUT2D eigenvalue weighted by atomic mass is 19.1. The average molecular weight is 410 g/mol. The van der Waals surface area contributed by atoms with Gasteiger partial charge in [-0.25, -0.2) is 18.4 Å². The Bertz CT molecular complexity index is 1220. The van der Waals surface area contributed by atoms with Gasteiger partial charge in [0.2, 0.25) is 0 Å². The van der Waals surface area contributed by atoms with Crippen molar-refractivity contribution in [3.05, 3.63) is 77.5 Å². The SMILES string of the molecule is Cc1nc2c(cnn2C(C)C)cc1C(=O)N(Cc1ccco1)c1ccc(F)cc1F. The van der Waals surface area contributed by atoms with Gasteiger partial charge in [0.25, 0.3) is 5.91 Å². The molecule has 8 heteroatoms. The van der Waals surface area contributed by atoms with E-state index < -0.39 is 17.5 Å². The molecule has 0 unspecified atom stereocenters. The minimum absolute atomic E-state index is 0.0167. The zero-order valence-corrected chi connectivity index (χ0v) is 16.8. The summed E-state index contributed by atoms with van der Waals surface area (Å²) in [6.45, 7) is 5.68. The Morgan fingerprint density at radius 3 is 2.70 bits per heavy atom. The lowest BCUT2D eigenvalue weighted by Gasteiger charge is -2.23. The summed E-state index contributed by atoms with van der Waals surface area (Å²) in [5.41, 5.74) is 1.42. The second-order valence-corrected chi connectivity index (χ2v) is 7.28. The number of pyridine rings is 1. The molecule has 0 aliphatic carbocycles. The zero-order valence-electron chi connectivity index (χ0n) is 16.8. The number of fused-ring (bicyclic) bond motifs is 1. The zero-order chi connectivity index (χ0) is 21.4. The predicted molar refractivity (Wildman–Crippen MR) is 108 cm³/mol. The Kier molecular flexibility index (Phi) is 5.07. The Labute approximate surface area is 171 Å². The van der Waals surface area contributed by atoms with E-state index in [-0.39, 0.29) is 18.3 Å². The van der Waals surface area contributed by atoms with E-state index in [2.05, 4.69) is 10.1 Å². The van der Waals surface area contributed by atoms with E-state index in [1.165, 1.54) is 17.2 Å². The van der Waals surface area contributed by atoms with Crippen molar-refractivity contribution in [3.8, 4) is 0 Å². The van der Waals surface area contributed by atoms with Crippen LogP contribution < -0.4 is 4.90 Å². The molecular formula is C22H20F2N4O2. The third-order valence-corrected chi connectivity index (χ3v) is 4.82. The summed E-state index contributed by atoms with van der Waals surface area (Å²) >= 11 is 0. The number of halogens is 2. The first-order valence-electron chi connectivity index (χ1n) is 9.49. The van der Waals surface area contributed by atoms with Crippen LogP contribution in [0.4, 0.5) is 14.5 Å². The van der Waals surface area contributed by atoms with Crippen LogP contribution in [0.2, 0.25) is 0 Å². The Morgan fingerprint density at radius 2 is 2.03 bits per heavy atom. The first kappa shape index (κ1) is 19.8. The second-order valence-electron chi connectivity index (χ2n) is 7.28. The molecule has 4 rings (SSSR count). The molecule has 0 saturated carbocycles. The summed E-state index contributed by atoms with van der Waals surface area (Å²) in [6, 6.07) is 8.27. The van der Waals surface area contributed by atoms with Crippen molar-refractivity contribution in [2.75, 3.05) is 4.90 Å². The number of hydrogen-bond acceptors (Lipinski definition) is 4. The van der Waals surface area contributed by atoms with E-state index in [1.54, 1.807) is 36.0 Å². The number of anilines is 1. The maximum Gasteiger partial charge on any atom is 0.260 e. The van der Waals surface area contributed by atoms with Crippen LogP contribution in [0.3, 0.4) is 0 Å². The third kappa shape index (κ3) is 3.56. The molecule has 0 radical (unpaired) electrons. The Balaban J connectivity index is 1.80. The van der Waals surface area contributed by atoms with Crippen LogP contribution in [0.5, 0.6) is 0 Å². The molecule has 1 aromatic carbocycles. The molecule has 3 heterocycles. The van der Waals surface area contributed by atoms with Gasteiger partial charge < -0.3 is 4.42 Å². The van der Waals surface area contributed by atoms with Crippen LogP contribution in [0.15, 0.2) is 53.3 Å². The van der Waals surface area contributed by atoms with Gasteiger partial charge in [0.05, 0.1) is 35.9 Å². The van der Waals surface area contributed by atoms with Crippen LogP contribution in [0, 0.1) is 18.6 Å². The summed E-state index contributed by atoms with van der Waals surface area (Å²) < 4.78 is 35.1. The molecule has 6 nitrogen and oxygen atoms in total. The van der Waals surface area contributed by atoms with E-state index in [0.29, 0.717) is 28.1 Å². The van der Waals surface area contributed by atoms with Gasteiger partial charge >= 0.3 is 0 Å². The quantitative estimate of drug-likeness (QED) is 0.462. The molecule has 1 amide bonds. The maximum absolute atomic E-state index is 14.6. The Hall–Kier alpha value is -3.55. The lowest BCUT2D eigenvalue weighted by atomic mass is 10.1. The fraction of sp³-hybridized carbons (Fsp3) is 0.227. The van der Waals surface area contributed by atoms with E-state index >= 15 is 0 Å². The molecule has 0 atom stereocenters. The number of aromatic nitrogens is 3. The fourth-order valence-corrected chi connectivity index (χ4v) is 3.33. The minimum Gasteiger partial charge on any atom is -0.467 e. The normalized spacial score (nSPS) is 11.4. The van der Waals surface area contributed by atoms with E-state index in [9.17, 15) is 13.6 Å². The van der Waals surface area contributed by atoms with Crippen molar-refractivity contribution in [3.63, 3.8) is 0 Å². The smallest absolute Gasteiger partial charge is 0.260 e. The highest BCUT2D eigenvalue weighted by molar-refractivity contribution is 6.08. The number of amides is 1. The lowest BCUT2D eigenvalue weighted by Crippen LogP contribution is -2.32. The number of nitrogens with zero attached hydrogens (tertiary/aromatic N) is 4. The highest BCUT2D eigenvalue weighted by Gasteiger charge is 2.25. The van der Waals surface area contributed by atoms with Crippen LogP contribution in [-0.4, -0.2) is 20.7 Å². The standard InChI is InChI=1S/C22H20F2N4O2/c1-13(2)28-21-15(11-25-28)9-18(14(3)26-21)22(29)27(12-17-5-4-8-30-17)20-7-6-16(23)10-19(20)24/h4-11,13H,12H2,1-3H3. The molecule has 3 aromatic heterocycles. The number of benzene rings is 1. The molecule has 30 heavy (non-hydrogen) atoms. The predicted octanol–water partition coefficient (Wildman–Crippen LogP) is 5.04. The van der Waals surface area contributed by atoms with Gasteiger partial charge in [0.15, 0.2) is 5.65 Å². The molecule has 4 aromatic rings. The molecule has 0 bridgehead atoms. The summed E-state index contributed by atoms with van der Waals surface area (Å²) in [4.78, 5) is 19.3. The number of hydrogen-bond donors (Lipinski definition) is 0. The van der Waals surface area contributed by atoms with Gasteiger partial charge in [-0.2, -0.15) is 5.10 Å². The third-order valence-electron chi connectivity index (χ3n) is 4.82. The number of aryl methyl sites for hydroxylation is 1. The van der Waals surface area contributed by atoms with E-state index in [1.807, 2.05) is 13.8 Å². The fourth-order valence-electron chi connectivity index (χ4n) is 3.33. The summed E-state index contributed by atoms with van der Waals surface area (Å²) in [5.74, 6) is -1.57. The van der Waals surface area contributed by atoms with Crippen molar-refractivity contribution in [2.24, 2.45) is 0 Å². The lowest BCUT2D eigenvalue weighted by molar-refractivity contribution is 0.0981. The van der Waals surface area contributed by atoms with Crippen LogP contribution in [-0.2, 0) is 6.54 Å². The number of rotatable bonds is 5. The summed E-state index contributed by atoms with van der Waals surface area (Å²) in [6.07, 6.45) is 3.12. The first-order chi connectivity index (χ1) is 14.3. The Morgan fingerprint density at radius 1 is 1.23 bits per heavy atom. The highest BCUT2D eigenvalue weighted by Crippen LogP contribution is 2.27. The van der Waals surface area contributed by atoms with Crippen molar-refractivity contribution in [2.45, 2.75) is 33.4 Å². The van der Waals surface area contributed by atoms with Crippen molar-refractivity contribution >= 4 is 22.6 Å². The average Bonchev–Trinajstić information content (AvgIpc) is 3.35. The van der Waals surface area contributed by atoms with Crippen LogP contribution in [0.1, 0.15) is 41.7 Å². The number of carbonyl (C=O) groups is 1. The minimum atomic E-state index is -0.839.